The summed E-state index contributed by atoms with van der Waals surface area (Å²) in [6.45, 7) is 1.09. The van der Waals surface area contributed by atoms with Crippen molar-refractivity contribution in [3.63, 3.8) is 0 Å². The first kappa shape index (κ1) is 18.4. The fourth-order valence-electron chi connectivity index (χ4n) is 3.29. The van der Waals surface area contributed by atoms with Gasteiger partial charge in [-0.15, -0.1) is 0 Å². The maximum absolute atomic E-state index is 12.6. The highest BCUT2D eigenvalue weighted by molar-refractivity contribution is 7.22. The molecular formula is C20H20N4O3S. The summed E-state index contributed by atoms with van der Waals surface area (Å²) in [6.07, 6.45) is 2.87. The number of carbonyl (C=O) groups excluding carboxylic acids is 2. The Bertz CT molecular complexity index is 997. The van der Waals surface area contributed by atoms with Gasteiger partial charge in [0.1, 0.15) is 11.4 Å². The Kier molecular flexibility index (Phi) is 5.21. The Hall–Kier alpha value is -3.00. The number of ether oxygens (including phenoxy) is 1. The average molecular weight is 396 g/mol. The summed E-state index contributed by atoms with van der Waals surface area (Å²) < 4.78 is 6.19. The molecule has 144 valence electrons. The van der Waals surface area contributed by atoms with E-state index in [2.05, 4.69) is 15.3 Å². The lowest BCUT2D eigenvalue weighted by molar-refractivity contribution is -0.121. The highest BCUT2D eigenvalue weighted by atomic mass is 32.1. The van der Waals surface area contributed by atoms with Gasteiger partial charge in [0.15, 0.2) is 5.13 Å². The van der Waals surface area contributed by atoms with Crippen molar-refractivity contribution in [1.82, 2.24) is 14.9 Å². The summed E-state index contributed by atoms with van der Waals surface area (Å²) in [5.41, 5.74) is 1.27. The molecule has 7 nitrogen and oxygen atoms in total. The lowest BCUT2D eigenvalue weighted by Crippen LogP contribution is -2.41. The number of piperidine rings is 1. The number of thiazole rings is 1. The largest absolute Gasteiger partial charge is 0.497 e. The van der Waals surface area contributed by atoms with E-state index in [0.29, 0.717) is 36.8 Å². The molecule has 0 unspecified atom stereocenters. The molecule has 1 aromatic carbocycles. The zero-order valence-electron chi connectivity index (χ0n) is 15.4. The molecule has 1 fully saturated rings. The summed E-state index contributed by atoms with van der Waals surface area (Å²) in [4.78, 5) is 35.4. The Morgan fingerprint density at radius 3 is 2.75 bits per heavy atom. The fourth-order valence-corrected chi connectivity index (χ4v) is 4.19. The summed E-state index contributed by atoms with van der Waals surface area (Å²) >= 11 is 1.43. The van der Waals surface area contributed by atoms with Crippen molar-refractivity contribution >= 4 is 38.5 Å². The number of nitrogens with zero attached hydrogens (tertiary/aromatic N) is 3. The van der Waals surface area contributed by atoms with Crippen LogP contribution < -0.4 is 10.1 Å². The van der Waals surface area contributed by atoms with E-state index in [-0.39, 0.29) is 17.7 Å². The van der Waals surface area contributed by atoms with Crippen LogP contribution in [0, 0.1) is 5.92 Å². The van der Waals surface area contributed by atoms with Crippen molar-refractivity contribution in [2.75, 3.05) is 25.5 Å². The Morgan fingerprint density at radius 1 is 1.21 bits per heavy atom. The molecule has 28 heavy (non-hydrogen) atoms. The normalized spacial score (nSPS) is 14.8. The van der Waals surface area contributed by atoms with Crippen LogP contribution in [-0.4, -0.2) is 46.9 Å². The number of anilines is 1. The van der Waals surface area contributed by atoms with E-state index in [0.717, 1.165) is 16.0 Å². The van der Waals surface area contributed by atoms with Crippen molar-refractivity contribution < 1.29 is 14.3 Å². The van der Waals surface area contributed by atoms with Gasteiger partial charge in [-0.2, -0.15) is 0 Å². The average Bonchev–Trinajstić information content (AvgIpc) is 3.15. The van der Waals surface area contributed by atoms with Gasteiger partial charge in [0, 0.05) is 25.2 Å². The first-order valence-electron chi connectivity index (χ1n) is 9.10. The summed E-state index contributed by atoms with van der Waals surface area (Å²) in [7, 11) is 1.62. The number of pyridine rings is 1. The standard InChI is InChI=1S/C20H20N4O3S/c1-27-14-5-6-15-17(12-14)28-20(22-15)23-18(25)13-7-10-24(11-8-13)19(26)16-4-2-3-9-21-16/h2-6,9,12-13H,7-8,10-11H2,1H3,(H,22,23,25). The van der Waals surface area contributed by atoms with E-state index in [1.54, 1.807) is 36.4 Å². The molecule has 0 aliphatic carbocycles. The van der Waals surface area contributed by atoms with Crippen LogP contribution >= 0.6 is 11.3 Å². The first-order chi connectivity index (χ1) is 13.6. The third kappa shape index (κ3) is 3.82. The van der Waals surface area contributed by atoms with Crippen molar-refractivity contribution in [3.8, 4) is 5.75 Å². The van der Waals surface area contributed by atoms with E-state index in [1.165, 1.54) is 11.3 Å². The van der Waals surface area contributed by atoms with Gasteiger partial charge in [-0.3, -0.25) is 14.6 Å². The van der Waals surface area contributed by atoms with E-state index >= 15 is 0 Å². The SMILES string of the molecule is COc1ccc2nc(NC(=O)C3CCN(C(=O)c4ccccn4)CC3)sc2c1. The minimum Gasteiger partial charge on any atom is -0.497 e. The number of likely N-dealkylation sites (tertiary alicyclic amines) is 1. The Morgan fingerprint density at radius 2 is 2.04 bits per heavy atom. The number of benzene rings is 1. The molecular weight excluding hydrogens is 376 g/mol. The van der Waals surface area contributed by atoms with Crippen molar-refractivity contribution in [3.05, 3.63) is 48.3 Å². The van der Waals surface area contributed by atoms with Crippen LogP contribution in [0.2, 0.25) is 0 Å². The molecule has 0 saturated carbocycles. The Balaban J connectivity index is 1.36. The minimum atomic E-state index is -0.130. The molecule has 1 saturated heterocycles. The molecule has 2 amide bonds. The fraction of sp³-hybridized carbons (Fsp3) is 0.300. The molecule has 4 rings (SSSR count). The molecule has 2 aromatic heterocycles. The predicted octanol–water partition coefficient (Wildman–Crippen LogP) is 3.19. The van der Waals surface area contributed by atoms with Crippen LogP contribution in [0.5, 0.6) is 5.75 Å². The lowest BCUT2D eigenvalue weighted by atomic mass is 9.96. The quantitative estimate of drug-likeness (QED) is 0.732. The first-order valence-corrected chi connectivity index (χ1v) is 9.91. The molecule has 8 heteroatoms. The van der Waals surface area contributed by atoms with Crippen LogP contribution in [0.15, 0.2) is 42.6 Å². The second-order valence-corrected chi connectivity index (χ2v) is 7.65. The molecule has 0 atom stereocenters. The molecule has 1 aliphatic rings. The molecule has 0 spiro atoms. The van der Waals surface area contributed by atoms with E-state index in [4.69, 9.17) is 4.74 Å². The zero-order valence-corrected chi connectivity index (χ0v) is 16.2. The van der Waals surface area contributed by atoms with Gasteiger partial charge in [0.2, 0.25) is 5.91 Å². The third-order valence-electron chi connectivity index (χ3n) is 4.86. The van der Waals surface area contributed by atoms with Gasteiger partial charge in [0.25, 0.3) is 5.91 Å². The molecule has 0 bridgehead atoms. The number of hydrogen-bond donors (Lipinski definition) is 1. The number of aromatic nitrogens is 2. The van der Waals surface area contributed by atoms with Gasteiger partial charge in [-0.25, -0.2) is 4.98 Å². The van der Waals surface area contributed by atoms with Crippen molar-refractivity contribution in [2.45, 2.75) is 12.8 Å². The number of amides is 2. The van der Waals surface area contributed by atoms with Crippen molar-refractivity contribution in [2.24, 2.45) is 5.92 Å². The highest BCUT2D eigenvalue weighted by Crippen LogP contribution is 2.30. The molecule has 1 N–H and O–H groups in total. The van der Waals surface area contributed by atoms with Gasteiger partial charge in [-0.1, -0.05) is 17.4 Å². The second kappa shape index (κ2) is 7.93. The maximum atomic E-state index is 12.6. The van der Waals surface area contributed by atoms with E-state index in [1.807, 2.05) is 18.2 Å². The van der Waals surface area contributed by atoms with Crippen LogP contribution in [0.3, 0.4) is 0 Å². The van der Waals surface area contributed by atoms with E-state index in [9.17, 15) is 9.59 Å². The Labute approximate surface area is 166 Å². The number of rotatable bonds is 4. The van der Waals surface area contributed by atoms with Crippen LogP contribution in [-0.2, 0) is 4.79 Å². The maximum Gasteiger partial charge on any atom is 0.272 e. The lowest BCUT2D eigenvalue weighted by Gasteiger charge is -2.30. The number of methoxy groups -OCH3 is 1. The van der Waals surface area contributed by atoms with Gasteiger partial charge in [-0.05, 0) is 43.2 Å². The van der Waals surface area contributed by atoms with Crippen molar-refractivity contribution in [1.29, 1.82) is 0 Å². The number of hydrogen-bond acceptors (Lipinski definition) is 6. The summed E-state index contributed by atoms with van der Waals surface area (Å²) in [5, 5.41) is 3.51. The number of fused-ring (bicyclic) bond motifs is 1. The smallest absolute Gasteiger partial charge is 0.272 e. The van der Waals surface area contributed by atoms with Gasteiger partial charge in [0.05, 0.1) is 17.3 Å². The summed E-state index contributed by atoms with van der Waals surface area (Å²) in [5.74, 6) is 0.504. The van der Waals surface area contributed by atoms with Gasteiger partial charge >= 0.3 is 0 Å². The van der Waals surface area contributed by atoms with Crippen LogP contribution in [0.1, 0.15) is 23.3 Å². The van der Waals surface area contributed by atoms with Gasteiger partial charge < -0.3 is 15.0 Å². The van der Waals surface area contributed by atoms with E-state index < -0.39 is 0 Å². The minimum absolute atomic E-state index is 0.0454. The molecule has 3 heterocycles. The predicted molar refractivity (Wildman–Crippen MR) is 108 cm³/mol. The second-order valence-electron chi connectivity index (χ2n) is 6.62. The third-order valence-corrected chi connectivity index (χ3v) is 5.80. The van der Waals surface area contributed by atoms with Crippen LogP contribution in [0.4, 0.5) is 5.13 Å². The summed E-state index contributed by atoms with van der Waals surface area (Å²) in [6, 6.07) is 10.9. The molecule has 3 aromatic rings. The highest BCUT2D eigenvalue weighted by Gasteiger charge is 2.28. The molecule has 0 radical (unpaired) electrons. The zero-order chi connectivity index (χ0) is 19.5. The monoisotopic (exact) mass is 396 g/mol. The topological polar surface area (TPSA) is 84.4 Å². The number of nitrogens with one attached hydrogen (secondary N) is 1. The molecule has 1 aliphatic heterocycles. The van der Waals surface area contributed by atoms with Crippen LogP contribution in [0.25, 0.3) is 10.2 Å². The number of carbonyl (C=O) groups is 2.